The largest absolute Gasteiger partial charge is 0.296 e. The number of nitrogens with zero attached hydrogens (tertiary/aromatic N) is 2. The number of hydrogen-bond donors (Lipinski definition) is 1. The van der Waals surface area contributed by atoms with Crippen LogP contribution in [0.2, 0.25) is 0 Å². The molecule has 0 saturated carbocycles. The SMILES string of the molecule is CCSc1nnc(NC(=O)c2cccc(S(C)(=O)=O)c2)s1. The molecule has 0 saturated heterocycles. The van der Waals surface area contributed by atoms with Crippen LogP contribution >= 0.6 is 23.1 Å². The fourth-order valence-electron chi connectivity index (χ4n) is 1.48. The summed E-state index contributed by atoms with van der Waals surface area (Å²) in [6.45, 7) is 2.00. The van der Waals surface area contributed by atoms with Crippen LogP contribution in [0.1, 0.15) is 17.3 Å². The van der Waals surface area contributed by atoms with Crippen molar-refractivity contribution in [3.63, 3.8) is 0 Å². The monoisotopic (exact) mass is 343 g/mol. The van der Waals surface area contributed by atoms with Crippen molar-refractivity contribution in [1.29, 1.82) is 0 Å². The lowest BCUT2D eigenvalue weighted by Crippen LogP contribution is -2.12. The Morgan fingerprint density at radius 2 is 2.14 bits per heavy atom. The summed E-state index contributed by atoms with van der Waals surface area (Å²) in [5.74, 6) is 0.462. The lowest BCUT2D eigenvalue weighted by molar-refractivity contribution is 0.102. The molecule has 0 fully saturated rings. The number of aromatic nitrogens is 2. The third-order valence-electron chi connectivity index (χ3n) is 2.42. The van der Waals surface area contributed by atoms with Crippen LogP contribution in [0.25, 0.3) is 0 Å². The van der Waals surface area contributed by atoms with E-state index in [0.29, 0.717) is 5.13 Å². The first-order valence-electron chi connectivity index (χ1n) is 5.98. The maximum Gasteiger partial charge on any atom is 0.257 e. The van der Waals surface area contributed by atoms with E-state index in [1.54, 1.807) is 6.07 Å². The Kier molecular flexibility index (Phi) is 4.96. The summed E-state index contributed by atoms with van der Waals surface area (Å²) in [6, 6.07) is 5.87. The van der Waals surface area contributed by atoms with Gasteiger partial charge in [0.05, 0.1) is 4.90 Å². The van der Waals surface area contributed by atoms with Gasteiger partial charge in [-0.05, 0) is 24.0 Å². The number of amides is 1. The van der Waals surface area contributed by atoms with Crippen LogP contribution in [0.3, 0.4) is 0 Å². The second kappa shape index (κ2) is 6.54. The Morgan fingerprint density at radius 3 is 2.81 bits per heavy atom. The van der Waals surface area contributed by atoms with Crippen molar-refractivity contribution in [2.45, 2.75) is 16.2 Å². The average Bonchev–Trinajstić information content (AvgIpc) is 2.86. The number of benzene rings is 1. The Balaban J connectivity index is 2.16. The molecule has 0 bridgehead atoms. The number of anilines is 1. The topological polar surface area (TPSA) is 89.0 Å². The molecule has 0 radical (unpaired) electrons. The van der Waals surface area contributed by atoms with Crippen LogP contribution < -0.4 is 5.32 Å². The zero-order valence-electron chi connectivity index (χ0n) is 11.4. The smallest absolute Gasteiger partial charge is 0.257 e. The summed E-state index contributed by atoms with van der Waals surface area (Å²) in [6.07, 6.45) is 1.10. The predicted molar refractivity (Wildman–Crippen MR) is 83.8 cm³/mol. The highest BCUT2D eigenvalue weighted by Gasteiger charge is 2.13. The summed E-state index contributed by atoms with van der Waals surface area (Å²) in [7, 11) is -3.34. The lowest BCUT2D eigenvalue weighted by atomic mass is 10.2. The van der Waals surface area contributed by atoms with Gasteiger partial charge in [0, 0.05) is 11.8 Å². The van der Waals surface area contributed by atoms with Crippen molar-refractivity contribution in [3.05, 3.63) is 29.8 Å². The number of hydrogen-bond acceptors (Lipinski definition) is 7. The first-order chi connectivity index (χ1) is 9.90. The number of carbonyl (C=O) groups excluding carboxylic acids is 1. The molecule has 9 heteroatoms. The van der Waals surface area contributed by atoms with Crippen LogP contribution in [0.5, 0.6) is 0 Å². The summed E-state index contributed by atoms with van der Waals surface area (Å²) >= 11 is 2.82. The molecule has 1 N–H and O–H groups in total. The highest BCUT2D eigenvalue weighted by molar-refractivity contribution is 8.01. The van der Waals surface area contributed by atoms with Crippen LogP contribution in [0.4, 0.5) is 5.13 Å². The fourth-order valence-corrected chi connectivity index (χ4v) is 3.79. The maximum absolute atomic E-state index is 12.1. The Labute approximate surface area is 130 Å². The normalized spacial score (nSPS) is 11.3. The zero-order chi connectivity index (χ0) is 15.5. The van der Waals surface area contributed by atoms with Gasteiger partial charge in [-0.2, -0.15) is 0 Å². The van der Waals surface area contributed by atoms with Crippen molar-refractivity contribution in [2.24, 2.45) is 0 Å². The summed E-state index contributed by atoms with van der Waals surface area (Å²) in [4.78, 5) is 12.2. The number of nitrogens with one attached hydrogen (secondary N) is 1. The zero-order valence-corrected chi connectivity index (χ0v) is 13.8. The number of carbonyl (C=O) groups is 1. The first-order valence-corrected chi connectivity index (χ1v) is 9.67. The molecule has 1 aromatic heterocycles. The summed E-state index contributed by atoms with van der Waals surface area (Å²) < 4.78 is 23.7. The first kappa shape index (κ1) is 15.9. The highest BCUT2D eigenvalue weighted by Crippen LogP contribution is 2.25. The average molecular weight is 343 g/mol. The third kappa shape index (κ3) is 4.26. The van der Waals surface area contributed by atoms with Crippen molar-refractivity contribution in [2.75, 3.05) is 17.3 Å². The molecule has 2 rings (SSSR count). The van der Waals surface area contributed by atoms with Crippen LogP contribution in [0, 0.1) is 0 Å². The summed E-state index contributed by atoms with van der Waals surface area (Å²) in [5.41, 5.74) is 0.262. The predicted octanol–water partition coefficient (Wildman–Crippen LogP) is 2.31. The van der Waals surface area contributed by atoms with Crippen LogP contribution in [-0.4, -0.2) is 36.5 Å². The van der Waals surface area contributed by atoms with Gasteiger partial charge in [-0.1, -0.05) is 36.1 Å². The van der Waals surface area contributed by atoms with Crippen molar-refractivity contribution in [1.82, 2.24) is 10.2 Å². The Hall–Kier alpha value is -1.45. The molecule has 0 aliphatic heterocycles. The minimum Gasteiger partial charge on any atom is -0.296 e. The van der Waals surface area contributed by atoms with Crippen LogP contribution in [0.15, 0.2) is 33.5 Å². The number of rotatable bonds is 5. The molecular weight excluding hydrogens is 330 g/mol. The quantitative estimate of drug-likeness (QED) is 0.662. The van der Waals surface area contributed by atoms with E-state index in [1.807, 2.05) is 6.92 Å². The number of sulfone groups is 1. The minimum absolute atomic E-state index is 0.106. The Bertz CT molecular complexity index is 756. The highest BCUT2D eigenvalue weighted by atomic mass is 32.2. The van der Waals surface area contributed by atoms with Gasteiger partial charge in [0.15, 0.2) is 14.2 Å². The standard InChI is InChI=1S/C12H13N3O3S3/c1-3-19-12-15-14-11(20-12)13-10(16)8-5-4-6-9(7-8)21(2,17)18/h4-7H,3H2,1-2H3,(H,13,14,16). The van der Waals surface area contributed by atoms with E-state index in [2.05, 4.69) is 15.5 Å². The molecule has 0 aliphatic carbocycles. The van der Waals surface area contributed by atoms with Gasteiger partial charge in [0.1, 0.15) is 0 Å². The molecule has 6 nitrogen and oxygen atoms in total. The van der Waals surface area contributed by atoms with E-state index >= 15 is 0 Å². The van der Waals surface area contributed by atoms with Crippen molar-refractivity contribution in [3.8, 4) is 0 Å². The van der Waals surface area contributed by atoms with Gasteiger partial charge in [0.25, 0.3) is 5.91 Å². The molecule has 1 aromatic carbocycles. The van der Waals surface area contributed by atoms with E-state index in [9.17, 15) is 13.2 Å². The molecule has 21 heavy (non-hydrogen) atoms. The molecule has 0 unspecified atom stereocenters. The summed E-state index contributed by atoms with van der Waals surface area (Å²) in [5, 5.41) is 10.8. The molecule has 112 valence electrons. The molecule has 0 aliphatic rings. The van der Waals surface area contributed by atoms with Gasteiger partial charge in [-0.3, -0.25) is 10.1 Å². The van der Waals surface area contributed by atoms with Gasteiger partial charge in [-0.15, -0.1) is 10.2 Å². The van der Waals surface area contributed by atoms with E-state index in [4.69, 9.17) is 0 Å². The third-order valence-corrected chi connectivity index (χ3v) is 5.38. The molecular formula is C12H13N3O3S3. The molecule has 0 spiro atoms. The van der Waals surface area contributed by atoms with Gasteiger partial charge in [-0.25, -0.2) is 8.42 Å². The molecule has 1 heterocycles. The second-order valence-corrected chi connectivity index (χ2v) is 8.56. The van der Waals surface area contributed by atoms with Crippen molar-refractivity contribution < 1.29 is 13.2 Å². The van der Waals surface area contributed by atoms with E-state index < -0.39 is 15.7 Å². The van der Waals surface area contributed by atoms with Gasteiger partial charge in [0.2, 0.25) is 5.13 Å². The minimum atomic E-state index is -3.34. The van der Waals surface area contributed by atoms with E-state index in [-0.39, 0.29) is 10.5 Å². The maximum atomic E-state index is 12.1. The lowest BCUT2D eigenvalue weighted by Gasteiger charge is -2.03. The fraction of sp³-hybridized carbons (Fsp3) is 0.250. The molecule has 1 amide bonds. The Morgan fingerprint density at radius 1 is 1.38 bits per heavy atom. The molecule has 2 aromatic rings. The van der Waals surface area contributed by atoms with Crippen molar-refractivity contribution >= 4 is 44.0 Å². The van der Waals surface area contributed by atoms with E-state index in [0.717, 1.165) is 16.3 Å². The van der Waals surface area contributed by atoms with Crippen LogP contribution in [-0.2, 0) is 9.84 Å². The number of thioether (sulfide) groups is 1. The second-order valence-electron chi connectivity index (χ2n) is 4.06. The molecule has 0 atom stereocenters. The van der Waals surface area contributed by atoms with Gasteiger partial charge < -0.3 is 0 Å². The van der Waals surface area contributed by atoms with Gasteiger partial charge >= 0.3 is 0 Å². The van der Waals surface area contributed by atoms with E-state index in [1.165, 1.54) is 41.3 Å².